The van der Waals surface area contributed by atoms with Crippen molar-refractivity contribution in [1.29, 1.82) is 0 Å². The average Bonchev–Trinajstić information content (AvgIpc) is 1.89. The number of halogens is 1. The van der Waals surface area contributed by atoms with Crippen molar-refractivity contribution < 1.29 is 9.47 Å². The molecule has 0 saturated heterocycles. The van der Waals surface area contributed by atoms with Crippen molar-refractivity contribution in [2.45, 2.75) is 19.4 Å². The second kappa shape index (κ2) is 5.10. The molecule has 0 rings (SSSR count). The van der Waals surface area contributed by atoms with Gasteiger partial charge in [-0.1, -0.05) is 15.9 Å². The Hall–Kier alpha value is 0.400. The first-order chi connectivity index (χ1) is 4.62. The molecule has 2 nitrogen and oxygen atoms in total. The Labute approximate surface area is 71.0 Å². The standard InChI is InChI=1S/C7H15BrO2/c1-7(2,6-8)10-5-4-9-3/h4-6H2,1-3H3. The van der Waals surface area contributed by atoms with E-state index < -0.39 is 0 Å². The van der Waals surface area contributed by atoms with Crippen LogP contribution in [-0.4, -0.2) is 31.3 Å². The van der Waals surface area contributed by atoms with Gasteiger partial charge in [0.2, 0.25) is 0 Å². The van der Waals surface area contributed by atoms with E-state index >= 15 is 0 Å². The van der Waals surface area contributed by atoms with Gasteiger partial charge in [-0.2, -0.15) is 0 Å². The number of alkyl halides is 1. The van der Waals surface area contributed by atoms with E-state index in [-0.39, 0.29) is 5.60 Å². The summed E-state index contributed by atoms with van der Waals surface area (Å²) in [6, 6.07) is 0. The Morgan fingerprint density at radius 3 is 2.30 bits per heavy atom. The Balaban J connectivity index is 3.28. The number of hydrogen-bond acceptors (Lipinski definition) is 2. The fraction of sp³-hybridized carbons (Fsp3) is 1.00. The molecular weight excluding hydrogens is 196 g/mol. The third kappa shape index (κ3) is 5.21. The maximum absolute atomic E-state index is 5.45. The minimum atomic E-state index is -0.0709. The Bertz CT molecular complexity index is 83.7. The molecular formula is C7H15BrO2. The van der Waals surface area contributed by atoms with E-state index in [2.05, 4.69) is 15.9 Å². The van der Waals surface area contributed by atoms with E-state index in [0.717, 1.165) is 5.33 Å². The topological polar surface area (TPSA) is 18.5 Å². The van der Waals surface area contributed by atoms with Crippen LogP contribution >= 0.6 is 15.9 Å². The lowest BCUT2D eigenvalue weighted by atomic mass is 10.2. The van der Waals surface area contributed by atoms with Crippen LogP contribution in [0.2, 0.25) is 0 Å². The molecule has 0 unspecified atom stereocenters. The van der Waals surface area contributed by atoms with E-state index in [9.17, 15) is 0 Å². The summed E-state index contributed by atoms with van der Waals surface area (Å²) in [5.41, 5.74) is -0.0709. The number of hydrogen-bond donors (Lipinski definition) is 0. The van der Waals surface area contributed by atoms with Gasteiger partial charge < -0.3 is 9.47 Å². The zero-order valence-electron chi connectivity index (χ0n) is 6.82. The minimum absolute atomic E-state index is 0.0709. The van der Waals surface area contributed by atoms with Crippen LogP contribution in [0.3, 0.4) is 0 Å². The fourth-order valence-corrected chi connectivity index (χ4v) is 0.602. The predicted octanol–water partition coefficient (Wildman–Crippen LogP) is 1.82. The van der Waals surface area contributed by atoms with Crippen molar-refractivity contribution in [2.75, 3.05) is 25.7 Å². The van der Waals surface area contributed by atoms with Gasteiger partial charge in [-0.05, 0) is 13.8 Å². The molecule has 3 heteroatoms. The van der Waals surface area contributed by atoms with Crippen molar-refractivity contribution in [3.63, 3.8) is 0 Å². The SMILES string of the molecule is COCCOC(C)(C)CBr. The Kier molecular flexibility index (Phi) is 5.31. The van der Waals surface area contributed by atoms with Crippen LogP contribution in [0.4, 0.5) is 0 Å². The van der Waals surface area contributed by atoms with Crippen molar-refractivity contribution in [1.82, 2.24) is 0 Å². The van der Waals surface area contributed by atoms with Crippen molar-refractivity contribution in [2.24, 2.45) is 0 Å². The van der Waals surface area contributed by atoms with Crippen molar-refractivity contribution in [3.8, 4) is 0 Å². The Morgan fingerprint density at radius 1 is 1.30 bits per heavy atom. The van der Waals surface area contributed by atoms with Gasteiger partial charge in [0.1, 0.15) is 0 Å². The van der Waals surface area contributed by atoms with Gasteiger partial charge in [-0.25, -0.2) is 0 Å². The average molecular weight is 211 g/mol. The fourth-order valence-electron chi connectivity index (χ4n) is 0.440. The molecule has 0 aromatic carbocycles. The smallest absolute Gasteiger partial charge is 0.0724 e. The maximum Gasteiger partial charge on any atom is 0.0724 e. The second-order valence-corrected chi connectivity index (χ2v) is 3.30. The summed E-state index contributed by atoms with van der Waals surface area (Å²) in [6.45, 7) is 5.40. The largest absolute Gasteiger partial charge is 0.382 e. The maximum atomic E-state index is 5.45. The number of ether oxygens (including phenoxy) is 2. The molecule has 0 aromatic heterocycles. The summed E-state index contributed by atoms with van der Waals surface area (Å²) in [7, 11) is 1.67. The highest BCUT2D eigenvalue weighted by atomic mass is 79.9. The molecule has 0 aliphatic heterocycles. The summed E-state index contributed by atoms with van der Waals surface area (Å²) < 4.78 is 10.3. The minimum Gasteiger partial charge on any atom is -0.382 e. The van der Waals surface area contributed by atoms with Crippen LogP contribution in [-0.2, 0) is 9.47 Å². The van der Waals surface area contributed by atoms with Crippen LogP contribution in [0.1, 0.15) is 13.8 Å². The number of methoxy groups -OCH3 is 1. The number of rotatable bonds is 5. The predicted molar refractivity (Wildman–Crippen MR) is 45.7 cm³/mol. The molecule has 0 spiro atoms. The van der Waals surface area contributed by atoms with Gasteiger partial charge in [0, 0.05) is 12.4 Å². The van der Waals surface area contributed by atoms with Crippen molar-refractivity contribution >= 4 is 15.9 Å². The molecule has 0 fully saturated rings. The molecule has 0 heterocycles. The van der Waals surface area contributed by atoms with Gasteiger partial charge in [0.05, 0.1) is 18.8 Å². The van der Waals surface area contributed by atoms with Gasteiger partial charge in [-0.3, -0.25) is 0 Å². The molecule has 0 radical (unpaired) electrons. The molecule has 0 aliphatic carbocycles. The van der Waals surface area contributed by atoms with E-state index in [1.165, 1.54) is 0 Å². The molecule has 0 bridgehead atoms. The van der Waals surface area contributed by atoms with Crippen LogP contribution in [0, 0.1) is 0 Å². The molecule has 0 atom stereocenters. The summed E-state index contributed by atoms with van der Waals surface area (Å²) in [5.74, 6) is 0. The summed E-state index contributed by atoms with van der Waals surface area (Å²) in [4.78, 5) is 0. The first-order valence-corrected chi connectivity index (χ1v) is 4.43. The lowest BCUT2D eigenvalue weighted by Crippen LogP contribution is -2.27. The molecule has 10 heavy (non-hydrogen) atoms. The molecule has 0 amide bonds. The summed E-state index contributed by atoms with van der Waals surface area (Å²) >= 11 is 3.36. The second-order valence-electron chi connectivity index (χ2n) is 2.73. The van der Waals surface area contributed by atoms with Crippen LogP contribution in [0.15, 0.2) is 0 Å². The quantitative estimate of drug-likeness (QED) is 0.510. The highest BCUT2D eigenvalue weighted by molar-refractivity contribution is 9.09. The Morgan fingerprint density at radius 2 is 1.90 bits per heavy atom. The molecule has 0 aromatic rings. The van der Waals surface area contributed by atoms with Gasteiger partial charge >= 0.3 is 0 Å². The third-order valence-corrected chi connectivity index (χ3v) is 2.45. The normalized spacial score (nSPS) is 12.0. The van der Waals surface area contributed by atoms with Gasteiger partial charge in [0.15, 0.2) is 0 Å². The zero-order chi connectivity index (χ0) is 8.04. The highest BCUT2D eigenvalue weighted by Crippen LogP contribution is 2.11. The zero-order valence-corrected chi connectivity index (χ0v) is 8.40. The highest BCUT2D eigenvalue weighted by Gasteiger charge is 2.15. The van der Waals surface area contributed by atoms with E-state index in [0.29, 0.717) is 13.2 Å². The van der Waals surface area contributed by atoms with E-state index in [1.54, 1.807) is 7.11 Å². The first-order valence-electron chi connectivity index (χ1n) is 3.31. The van der Waals surface area contributed by atoms with E-state index in [1.807, 2.05) is 13.8 Å². The van der Waals surface area contributed by atoms with Crippen LogP contribution in [0.5, 0.6) is 0 Å². The lowest BCUT2D eigenvalue weighted by Gasteiger charge is -2.21. The van der Waals surface area contributed by atoms with Crippen LogP contribution < -0.4 is 0 Å². The molecule has 62 valence electrons. The first kappa shape index (κ1) is 10.4. The van der Waals surface area contributed by atoms with E-state index in [4.69, 9.17) is 9.47 Å². The van der Waals surface area contributed by atoms with Gasteiger partial charge in [0.25, 0.3) is 0 Å². The van der Waals surface area contributed by atoms with Crippen LogP contribution in [0.25, 0.3) is 0 Å². The van der Waals surface area contributed by atoms with Crippen molar-refractivity contribution in [3.05, 3.63) is 0 Å². The van der Waals surface area contributed by atoms with Gasteiger partial charge in [-0.15, -0.1) is 0 Å². The lowest BCUT2D eigenvalue weighted by molar-refractivity contribution is -0.0232. The molecule has 0 saturated carbocycles. The summed E-state index contributed by atoms with van der Waals surface area (Å²) in [5, 5.41) is 0.851. The monoisotopic (exact) mass is 210 g/mol. The third-order valence-electron chi connectivity index (χ3n) is 1.10. The summed E-state index contributed by atoms with van der Waals surface area (Å²) in [6.07, 6.45) is 0. The molecule has 0 N–H and O–H groups in total. The molecule has 0 aliphatic rings.